The Labute approximate surface area is 90.1 Å². The molecule has 0 radical (unpaired) electrons. The van der Waals surface area contributed by atoms with Crippen LogP contribution in [0.4, 0.5) is 5.69 Å². The van der Waals surface area contributed by atoms with Crippen molar-refractivity contribution >= 4 is 11.6 Å². The van der Waals surface area contributed by atoms with Crippen molar-refractivity contribution in [2.24, 2.45) is 0 Å². The van der Waals surface area contributed by atoms with Crippen molar-refractivity contribution in [3.05, 3.63) is 29.8 Å². The molecule has 0 saturated carbocycles. The molecule has 1 aromatic rings. The quantitative estimate of drug-likeness (QED) is 0.697. The molecule has 1 N–H and O–H groups in total. The molecule has 0 aromatic heterocycles. The molecule has 1 unspecified atom stereocenters. The summed E-state index contributed by atoms with van der Waals surface area (Å²) in [6.45, 7) is 4.15. The Bertz CT molecular complexity index is 389. The highest BCUT2D eigenvalue weighted by molar-refractivity contribution is 6.00. The Morgan fingerprint density at radius 1 is 1.27 bits per heavy atom. The summed E-state index contributed by atoms with van der Waals surface area (Å²) < 4.78 is 0. The fourth-order valence-corrected chi connectivity index (χ4v) is 1.93. The van der Waals surface area contributed by atoms with Crippen molar-refractivity contribution in [1.29, 1.82) is 0 Å². The van der Waals surface area contributed by atoms with Crippen LogP contribution in [0.25, 0.3) is 0 Å². The summed E-state index contributed by atoms with van der Waals surface area (Å²) >= 11 is 0. The van der Waals surface area contributed by atoms with Crippen molar-refractivity contribution in [1.82, 2.24) is 5.32 Å². The lowest BCUT2D eigenvalue weighted by atomic mass is 10.1. The van der Waals surface area contributed by atoms with Gasteiger partial charge in [-0.1, -0.05) is 12.1 Å². The van der Waals surface area contributed by atoms with E-state index in [1.807, 2.05) is 38.2 Å². The van der Waals surface area contributed by atoms with E-state index in [0.29, 0.717) is 6.04 Å². The van der Waals surface area contributed by atoms with E-state index in [1.54, 1.807) is 0 Å². The Kier molecular flexibility index (Phi) is 2.39. The number of nitrogens with zero attached hydrogens (tertiary/aromatic N) is 1. The van der Waals surface area contributed by atoms with E-state index in [9.17, 15) is 4.79 Å². The van der Waals surface area contributed by atoms with Crippen LogP contribution in [0.3, 0.4) is 0 Å². The maximum absolute atomic E-state index is 11.9. The van der Waals surface area contributed by atoms with E-state index in [-0.39, 0.29) is 11.9 Å². The van der Waals surface area contributed by atoms with E-state index in [1.165, 1.54) is 0 Å². The smallest absolute Gasteiger partial charge is 0.253 e. The SMILES string of the molecule is CC1[C@H](C)NC(=O)c2ccccc2N1C. The monoisotopic (exact) mass is 204 g/mol. The van der Waals surface area contributed by atoms with Gasteiger partial charge >= 0.3 is 0 Å². The summed E-state index contributed by atoms with van der Waals surface area (Å²) in [7, 11) is 2.03. The van der Waals surface area contributed by atoms with Crippen molar-refractivity contribution in [3.63, 3.8) is 0 Å². The van der Waals surface area contributed by atoms with Gasteiger partial charge in [0.25, 0.3) is 5.91 Å². The number of likely N-dealkylation sites (N-methyl/N-ethyl adjacent to an activating group) is 1. The number of fused-ring (bicyclic) bond motifs is 1. The second-order valence-electron chi connectivity index (χ2n) is 4.13. The highest BCUT2D eigenvalue weighted by Crippen LogP contribution is 2.24. The zero-order valence-corrected chi connectivity index (χ0v) is 9.32. The summed E-state index contributed by atoms with van der Waals surface area (Å²) in [6.07, 6.45) is 0. The van der Waals surface area contributed by atoms with Crippen LogP contribution >= 0.6 is 0 Å². The molecule has 1 aromatic carbocycles. The van der Waals surface area contributed by atoms with Crippen molar-refractivity contribution in [2.45, 2.75) is 25.9 Å². The number of amides is 1. The standard InChI is InChI=1S/C12H16N2O/c1-8-9(2)14(3)11-7-5-4-6-10(11)12(15)13-8/h4-9H,1-3H3,(H,13,15)/t8-,9?/m0/s1. The Balaban J connectivity index is 2.52. The molecule has 3 nitrogen and oxygen atoms in total. The van der Waals surface area contributed by atoms with Gasteiger partial charge in [-0.2, -0.15) is 0 Å². The van der Waals surface area contributed by atoms with E-state index in [0.717, 1.165) is 11.3 Å². The molecule has 0 spiro atoms. The molecule has 0 bridgehead atoms. The molecule has 0 saturated heterocycles. The number of hydrogen-bond donors (Lipinski definition) is 1. The summed E-state index contributed by atoms with van der Waals surface area (Å²) in [5.41, 5.74) is 1.77. The van der Waals surface area contributed by atoms with Crippen LogP contribution < -0.4 is 10.2 Å². The van der Waals surface area contributed by atoms with Gasteiger partial charge in [-0.05, 0) is 26.0 Å². The average molecular weight is 204 g/mol. The van der Waals surface area contributed by atoms with Gasteiger partial charge in [0.1, 0.15) is 0 Å². The number of para-hydroxylation sites is 1. The van der Waals surface area contributed by atoms with Crippen LogP contribution in [-0.4, -0.2) is 25.0 Å². The van der Waals surface area contributed by atoms with Crippen molar-refractivity contribution in [3.8, 4) is 0 Å². The molecule has 0 aliphatic carbocycles. The molecule has 1 aliphatic heterocycles. The highest BCUT2D eigenvalue weighted by atomic mass is 16.1. The van der Waals surface area contributed by atoms with E-state index >= 15 is 0 Å². The van der Waals surface area contributed by atoms with E-state index in [4.69, 9.17) is 0 Å². The van der Waals surface area contributed by atoms with E-state index in [2.05, 4.69) is 17.1 Å². The first kappa shape index (κ1) is 10.0. The molecule has 2 rings (SSSR count). The number of hydrogen-bond acceptors (Lipinski definition) is 2. The van der Waals surface area contributed by atoms with Crippen molar-refractivity contribution in [2.75, 3.05) is 11.9 Å². The molecule has 3 heteroatoms. The van der Waals surface area contributed by atoms with E-state index < -0.39 is 0 Å². The summed E-state index contributed by atoms with van der Waals surface area (Å²) in [5.74, 6) is 0.0225. The lowest BCUT2D eigenvalue weighted by molar-refractivity contribution is 0.0941. The molecule has 1 amide bonds. The fraction of sp³-hybridized carbons (Fsp3) is 0.417. The first-order chi connectivity index (χ1) is 7.11. The summed E-state index contributed by atoms with van der Waals surface area (Å²) in [4.78, 5) is 14.0. The summed E-state index contributed by atoms with van der Waals surface area (Å²) in [5, 5.41) is 3.00. The largest absolute Gasteiger partial charge is 0.369 e. The number of anilines is 1. The fourth-order valence-electron chi connectivity index (χ4n) is 1.93. The second kappa shape index (κ2) is 3.57. The average Bonchev–Trinajstić information content (AvgIpc) is 2.33. The second-order valence-corrected chi connectivity index (χ2v) is 4.13. The van der Waals surface area contributed by atoms with Gasteiger partial charge in [-0.15, -0.1) is 0 Å². The van der Waals surface area contributed by atoms with Crippen LogP contribution in [0.2, 0.25) is 0 Å². The summed E-state index contributed by atoms with van der Waals surface area (Å²) in [6, 6.07) is 8.18. The topological polar surface area (TPSA) is 32.3 Å². The van der Waals surface area contributed by atoms with Gasteiger partial charge < -0.3 is 10.2 Å². The molecular formula is C12H16N2O. The number of carbonyl (C=O) groups is 1. The minimum Gasteiger partial charge on any atom is -0.369 e. The minimum atomic E-state index is 0.0225. The number of carbonyl (C=O) groups excluding carboxylic acids is 1. The predicted octanol–water partition coefficient (Wildman–Crippen LogP) is 1.64. The maximum Gasteiger partial charge on any atom is 0.253 e. The van der Waals surface area contributed by atoms with Gasteiger partial charge in [0.15, 0.2) is 0 Å². The van der Waals surface area contributed by atoms with Crippen LogP contribution in [0.1, 0.15) is 24.2 Å². The molecule has 80 valence electrons. The Morgan fingerprint density at radius 2 is 1.93 bits per heavy atom. The number of nitrogens with one attached hydrogen (secondary N) is 1. The zero-order valence-electron chi connectivity index (χ0n) is 9.32. The predicted molar refractivity (Wildman–Crippen MR) is 61.2 cm³/mol. The normalized spacial score (nSPS) is 25.5. The third-order valence-electron chi connectivity index (χ3n) is 3.22. The first-order valence-corrected chi connectivity index (χ1v) is 5.24. The first-order valence-electron chi connectivity index (χ1n) is 5.24. The molecule has 1 aliphatic rings. The molecule has 2 atom stereocenters. The Morgan fingerprint density at radius 3 is 2.67 bits per heavy atom. The lowest BCUT2D eigenvalue weighted by Crippen LogP contribution is -2.44. The van der Waals surface area contributed by atoms with Crippen molar-refractivity contribution < 1.29 is 4.79 Å². The maximum atomic E-state index is 11.9. The minimum absolute atomic E-state index is 0.0225. The third kappa shape index (κ3) is 1.58. The number of rotatable bonds is 0. The lowest BCUT2D eigenvalue weighted by Gasteiger charge is -2.29. The van der Waals surface area contributed by atoms with Gasteiger partial charge in [0.05, 0.1) is 5.56 Å². The molecule has 0 fully saturated rings. The van der Waals surface area contributed by atoms with Gasteiger partial charge in [-0.3, -0.25) is 4.79 Å². The Hall–Kier alpha value is -1.51. The van der Waals surface area contributed by atoms with Gasteiger partial charge in [-0.25, -0.2) is 0 Å². The van der Waals surface area contributed by atoms with Crippen LogP contribution in [0.5, 0.6) is 0 Å². The molecule has 1 heterocycles. The third-order valence-corrected chi connectivity index (χ3v) is 3.22. The number of benzene rings is 1. The molecule has 15 heavy (non-hydrogen) atoms. The van der Waals surface area contributed by atoms with Crippen LogP contribution in [-0.2, 0) is 0 Å². The van der Waals surface area contributed by atoms with Crippen LogP contribution in [0.15, 0.2) is 24.3 Å². The zero-order chi connectivity index (χ0) is 11.0. The van der Waals surface area contributed by atoms with Crippen LogP contribution in [0, 0.1) is 0 Å². The molecular weight excluding hydrogens is 188 g/mol. The highest BCUT2D eigenvalue weighted by Gasteiger charge is 2.26. The van der Waals surface area contributed by atoms with Gasteiger partial charge in [0.2, 0.25) is 0 Å². The van der Waals surface area contributed by atoms with Gasteiger partial charge in [0, 0.05) is 24.8 Å².